The first-order valence-electron chi connectivity index (χ1n) is 9.09. The van der Waals surface area contributed by atoms with Gasteiger partial charge in [0.25, 0.3) is 0 Å². The van der Waals surface area contributed by atoms with Gasteiger partial charge in [-0.2, -0.15) is 0 Å². The SMILES string of the molecule is CC(C)C1NC(C2CCCC2)N(C2CCC(C)C2C)C1=O. The molecule has 1 amide bonds. The van der Waals surface area contributed by atoms with Crippen molar-refractivity contribution < 1.29 is 4.79 Å². The van der Waals surface area contributed by atoms with Crippen LogP contribution in [0.15, 0.2) is 0 Å². The molecule has 3 nitrogen and oxygen atoms in total. The quantitative estimate of drug-likeness (QED) is 0.864. The van der Waals surface area contributed by atoms with Gasteiger partial charge in [0.2, 0.25) is 5.91 Å². The zero-order chi connectivity index (χ0) is 15.1. The molecule has 120 valence electrons. The maximum absolute atomic E-state index is 13.0. The lowest BCUT2D eigenvalue weighted by Gasteiger charge is -2.36. The van der Waals surface area contributed by atoms with E-state index in [9.17, 15) is 4.79 Å². The van der Waals surface area contributed by atoms with Gasteiger partial charge in [-0.3, -0.25) is 10.1 Å². The normalized spacial score (nSPS) is 41.7. The van der Waals surface area contributed by atoms with Crippen LogP contribution in [0.3, 0.4) is 0 Å². The summed E-state index contributed by atoms with van der Waals surface area (Å²) in [6, 6.07) is 0.507. The van der Waals surface area contributed by atoms with Crippen molar-refractivity contribution in [2.24, 2.45) is 23.7 Å². The second-order valence-corrected chi connectivity index (χ2v) is 8.10. The summed E-state index contributed by atoms with van der Waals surface area (Å²) in [4.78, 5) is 15.3. The predicted octanol–water partition coefficient (Wildman–Crippen LogP) is 3.39. The Morgan fingerprint density at radius 1 is 1.10 bits per heavy atom. The van der Waals surface area contributed by atoms with Crippen LogP contribution in [-0.4, -0.2) is 29.1 Å². The Kier molecular flexibility index (Phi) is 4.31. The molecule has 3 fully saturated rings. The van der Waals surface area contributed by atoms with Crippen LogP contribution >= 0.6 is 0 Å². The van der Waals surface area contributed by atoms with Gasteiger partial charge < -0.3 is 4.90 Å². The third-order valence-electron chi connectivity index (χ3n) is 6.46. The molecule has 5 unspecified atom stereocenters. The van der Waals surface area contributed by atoms with Gasteiger partial charge in [0.15, 0.2) is 0 Å². The second-order valence-electron chi connectivity index (χ2n) is 8.10. The highest BCUT2D eigenvalue weighted by molar-refractivity contribution is 5.85. The fourth-order valence-corrected chi connectivity index (χ4v) is 4.85. The van der Waals surface area contributed by atoms with E-state index >= 15 is 0 Å². The van der Waals surface area contributed by atoms with Gasteiger partial charge in [-0.05, 0) is 49.4 Å². The number of hydrogen-bond donors (Lipinski definition) is 1. The van der Waals surface area contributed by atoms with E-state index in [0.717, 1.165) is 5.92 Å². The Bertz CT molecular complexity index is 389. The molecular formula is C18H32N2O. The Labute approximate surface area is 129 Å². The standard InChI is InChI=1S/C18H32N2O/c1-11(2)16-18(21)20(15-10-9-12(3)13(15)4)17(19-16)14-7-5-6-8-14/h11-17,19H,5-10H2,1-4H3. The summed E-state index contributed by atoms with van der Waals surface area (Å²) in [6.07, 6.45) is 8.06. The number of nitrogens with zero attached hydrogens (tertiary/aromatic N) is 1. The molecule has 1 N–H and O–H groups in total. The van der Waals surface area contributed by atoms with E-state index in [2.05, 4.69) is 37.9 Å². The Morgan fingerprint density at radius 2 is 1.76 bits per heavy atom. The smallest absolute Gasteiger partial charge is 0.241 e. The van der Waals surface area contributed by atoms with Crippen molar-refractivity contribution in [2.45, 2.75) is 84.5 Å². The van der Waals surface area contributed by atoms with Gasteiger partial charge in [-0.15, -0.1) is 0 Å². The maximum atomic E-state index is 13.0. The largest absolute Gasteiger partial charge is 0.322 e. The van der Waals surface area contributed by atoms with Gasteiger partial charge in [-0.1, -0.05) is 40.5 Å². The van der Waals surface area contributed by atoms with Crippen molar-refractivity contribution in [1.82, 2.24) is 10.2 Å². The van der Waals surface area contributed by atoms with Crippen LogP contribution in [0.4, 0.5) is 0 Å². The zero-order valence-corrected chi connectivity index (χ0v) is 14.1. The van der Waals surface area contributed by atoms with E-state index in [0.29, 0.717) is 35.9 Å². The van der Waals surface area contributed by atoms with Gasteiger partial charge in [0, 0.05) is 6.04 Å². The van der Waals surface area contributed by atoms with Crippen molar-refractivity contribution in [3.05, 3.63) is 0 Å². The number of rotatable bonds is 3. The third kappa shape index (κ3) is 2.62. The van der Waals surface area contributed by atoms with Crippen LogP contribution in [-0.2, 0) is 4.79 Å². The first-order chi connectivity index (χ1) is 10.0. The van der Waals surface area contributed by atoms with Crippen LogP contribution in [0.5, 0.6) is 0 Å². The summed E-state index contributed by atoms with van der Waals surface area (Å²) >= 11 is 0. The monoisotopic (exact) mass is 292 g/mol. The molecule has 21 heavy (non-hydrogen) atoms. The number of hydrogen-bond acceptors (Lipinski definition) is 2. The molecule has 0 bridgehead atoms. The first kappa shape index (κ1) is 15.3. The Morgan fingerprint density at radius 3 is 2.29 bits per heavy atom. The lowest BCUT2D eigenvalue weighted by atomic mass is 9.94. The molecule has 0 radical (unpaired) electrons. The second kappa shape index (κ2) is 5.91. The molecule has 3 rings (SSSR count). The molecule has 0 aromatic heterocycles. The number of carbonyl (C=O) groups is 1. The number of nitrogens with one attached hydrogen (secondary N) is 1. The molecule has 2 aliphatic carbocycles. The van der Waals surface area contributed by atoms with Crippen LogP contribution in [0.1, 0.15) is 66.2 Å². The highest BCUT2D eigenvalue weighted by atomic mass is 16.2. The molecule has 1 aliphatic heterocycles. The van der Waals surface area contributed by atoms with Crippen molar-refractivity contribution in [2.75, 3.05) is 0 Å². The van der Waals surface area contributed by atoms with Crippen LogP contribution in [0.2, 0.25) is 0 Å². The molecular weight excluding hydrogens is 260 g/mol. The van der Waals surface area contributed by atoms with E-state index in [1.165, 1.54) is 38.5 Å². The average molecular weight is 292 g/mol. The minimum absolute atomic E-state index is 0.0405. The van der Waals surface area contributed by atoms with Crippen LogP contribution in [0, 0.1) is 23.7 Å². The minimum Gasteiger partial charge on any atom is -0.322 e. The molecule has 3 heteroatoms. The van der Waals surface area contributed by atoms with Gasteiger partial charge in [0.1, 0.15) is 0 Å². The topological polar surface area (TPSA) is 32.3 Å². The molecule has 1 heterocycles. The van der Waals surface area contributed by atoms with Crippen LogP contribution < -0.4 is 5.32 Å². The number of amides is 1. The number of carbonyl (C=O) groups excluding carboxylic acids is 1. The lowest BCUT2D eigenvalue weighted by Crippen LogP contribution is -2.49. The van der Waals surface area contributed by atoms with Crippen molar-refractivity contribution in [1.29, 1.82) is 0 Å². The van der Waals surface area contributed by atoms with E-state index in [1.54, 1.807) is 0 Å². The molecule has 5 atom stereocenters. The third-order valence-corrected chi connectivity index (χ3v) is 6.46. The predicted molar refractivity (Wildman–Crippen MR) is 85.7 cm³/mol. The van der Waals surface area contributed by atoms with Crippen molar-refractivity contribution in [3.63, 3.8) is 0 Å². The summed E-state index contributed by atoms with van der Waals surface area (Å²) < 4.78 is 0. The maximum Gasteiger partial charge on any atom is 0.241 e. The highest BCUT2D eigenvalue weighted by Crippen LogP contribution is 2.41. The summed E-state index contributed by atoms with van der Waals surface area (Å²) in [5.74, 6) is 2.85. The minimum atomic E-state index is 0.0405. The van der Waals surface area contributed by atoms with E-state index in [-0.39, 0.29) is 6.04 Å². The van der Waals surface area contributed by atoms with Gasteiger partial charge in [0.05, 0.1) is 12.2 Å². The van der Waals surface area contributed by atoms with Gasteiger partial charge >= 0.3 is 0 Å². The molecule has 0 aromatic carbocycles. The molecule has 0 aromatic rings. The van der Waals surface area contributed by atoms with Gasteiger partial charge in [-0.25, -0.2) is 0 Å². The summed E-state index contributed by atoms with van der Waals surface area (Å²) in [7, 11) is 0. The Hall–Kier alpha value is -0.570. The molecule has 2 saturated carbocycles. The zero-order valence-electron chi connectivity index (χ0n) is 14.1. The molecule has 1 saturated heterocycles. The van der Waals surface area contributed by atoms with E-state index < -0.39 is 0 Å². The summed E-state index contributed by atoms with van der Waals surface area (Å²) in [5, 5.41) is 3.72. The molecule has 3 aliphatic rings. The van der Waals surface area contributed by atoms with E-state index in [1.807, 2.05) is 0 Å². The lowest BCUT2D eigenvalue weighted by molar-refractivity contribution is -0.134. The van der Waals surface area contributed by atoms with Crippen LogP contribution in [0.25, 0.3) is 0 Å². The highest BCUT2D eigenvalue weighted by Gasteiger charge is 2.49. The summed E-state index contributed by atoms with van der Waals surface area (Å²) in [6.45, 7) is 9.05. The molecule has 0 spiro atoms. The fraction of sp³-hybridized carbons (Fsp3) is 0.944. The Balaban J connectivity index is 1.84. The van der Waals surface area contributed by atoms with E-state index in [4.69, 9.17) is 0 Å². The van der Waals surface area contributed by atoms with Crippen molar-refractivity contribution in [3.8, 4) is 0 Å². The average Bonchev–Trinajstić information content (AvgIpc) is 3.12. The van der Waals surface area contributed by atoms with Crippen molar-refractivity contribution >= 4 is 5.91 Å². The fourth-order valence-electron chi connectivity index (χ4n) is 4.85. The summed E-state index contributed by atoms with van der Waals surface area (Å²) in [5.41, 5.74) is 0. The first-order valence-corrected chi connectivity index (χ1v) is 9.09.